The van der Waals surface area contributed by atoms with Crippen LogP contribution in [0.2, 0.25) is 0 Å². The Labute approximate surface area is 153 Å². The summed E-state index contributed by atoms with van der Waals surface area (Å²) < 4.78 is 0. The van der Waals surface area contributed by atoms with E-state index in [0.29, 0.717) is 25.0 Å². The second kappa shape index (κ2) is 12.5. The Morgan fingerprint density at radius 1 is 1.04 bits per heavy atom. The number of hydrogen-bond acceptors (Lipinski definition) is 4. The third-order valence-electron chi connectivity index (χ3n) is 3.72. The first-order chi connectivity index (χ1) is 12.0. The molecule has 138 valence electrons. The molecular formula is C19H27NO4S. The smallest absolute Gasteiger partial charge is 0.303 e. The molecule has 0 aliphatic carbocycles. The van der Waals surface area contributed by atoms with Gasteiger partial charge in [0.15, 0.2) is 5.12 Å². The Kier molecular flexibility index (Phi) is 10.6. The largest absolute Gasteiger partial charge is 0.481 e. The van der Waals surface area contributed by atoms with Crippen molar-refractivity contribution in [2.45, 2.75) is 57.9 Å². The molecule has 0 bridgehead atoms. The van der Waals surface area contributed by atoms with Crippen LogP contribution in [0.15, 0.2) is 30.3 Å². The molecule has 1 atom stereocenters. The first kappa shape index (κ1) is 21.2. The molecule has 0 saturated carbocycles. The lowest BCUT2D eigenvalue weighted by Gasteiger charge is -2.18. The van der Waals surface area contributed by atoms with Gasteiger partial charge in [-0.3, -0.25) is 14.4 Å². The van der Waals surface area contributed by atoms with Crippen molar-refractivity contribution >= 4 is 28.8 Å². The Morgan fingerprint density at radius 2 is 1.68 bits per heavy atom. The quantitative estimate of drug-likeness (QED) is 0.555. The van der Waals surface area contributed by atoms with Gasteiger partial charge in [0, 0.05) is 31.6 Å². The Bertz CT molecular complexity index is 548. The van der Waals surface area contributed by atoms with Crippen LogP contribution in [0.4, 0.5) is 0 Å². The number of hydrogen-bond donors (Lipinski definition) is 2. The molecular weight excluding hydrogens is 338 g/mol. The molecule has 5 nitrogen and oxygen atoms in total. The lowest BCUT2D eigenvalue weighted by Crippen LogP contribution is -2.38. The number of thioether (sulfide) groups is 1. The molecule has 1 aromatic rings. The average Bonchev–Trinajstić information content (AvgIpc) is 2.56. The number of rotatable bonds is 12. The van der Waals surface area contributed by atoms with Crippen molar-refractivity contribution in [1.82, 2.24) is 5.32 Å². The van der Waals surface area contributed by atoms with Crippen LogP contribution in [0, 0.1) is 0 Å². The lowest BCUT2D eigenvalue weighted by atomic mass is 10.1. The van der Waals surface area contributed by atoms with E-state index in [1.54, 1.807) is 0 Å². The second-order valence-electron chi connectivity index (χ2n) is 6.06. The minimum Gasteiger partial charge on any atom is -0.481 e. The maximum Gasteiger partial charge on any atom is 0.303 e. The molecule has 1 rings (SSSR count). The van der Waals surface area contributed by atoms with Crippen molar-refractivity contribution < 1.29 is 19.5 Å². The van der Waals surface area contributed by atoms with Crippen LogP contribution < -0.4 is 5.32 Å². The standard InChI is InChI=1S/C19H27NO4S/c1-15(21)25-14-17(13-16-9-5-4-6-10-16)20-18(22)11-7-2-3-8-12-19(23)24/h4-6,9-10,17H,2-3,7-8,11-14H2,1H3,(H,20,22)(H,23,24). The summed E-state index contributed by atoms with van der Waals surface area (Å²) in [5.41, 5.74) is 1.13. The Balaban J connectivity index is 2.35. The van der Waals surface area contributed by atoms with Gasteiger partial charge in [-0.25, -0.2) is 0 Å². The van der Waals surface area contributed by atoms with Gasteiger partial charge in [0.05, 0.1) is 0 Å². The molecule has 0 saturated heterocycles. The van der Waals surface area contributed by atoms with Crippen LogP contribution in [-0.2, 0) is 20.8 Å². The van der Waals surface area contributed by atoms with Gasteiger partial charge < -0.3 is 10.4 Å². The van der Waals surface area contributed by atoms with Crippen LogP contribution in [0.5, 0.6) is 0 Å². The number of aliphatic carboxylic acids is 1. The van der Waals surface area contributed by atoms with E-state index in [0.717, 1.165) is 24.8 Å². The number of amides is 1. The predicted octanol–water partition coefficient (Wildman–Crippen LogP) is 3.42. The van der Waals surface area contributed by atoms with Gasteiger partial charge in [-0.1, -0.05) is 54.9 Å². The maximum atomic E-state index is 12.1. The predicted molar refractivity (Wildman–Crippen MR) is 101 cm³/mol. The number of unbranched alkanes of at least 4 members (excludes halogenated alkanes) is 3. The molecule has 2 N–H and O–H groups in total. The van der Waals surface area contributed by atoms with Crippen molar-refractivity contribution in [1.29, 1.82) is 0 Å². The molecule has 1 amide bonds. The molecule has 0 fully saturated rings. The van der Waals surface area contributed by atoms with Crippen molar-refractivity contribution in [2.24, 2.45) is 0 Å². The van der Waals surface area contributed by atoms with E-state index in [4.69, 9.17) is 5.11 Å². The fourth-order valence-electron chi connectivity index (χ4n) is 2.48. The molecule has 0 radical (unpaired) electrons. The summed E-state index contributed by atoms with van der Waals surface area (Å²) in [6.07, 6.45) is 4.41. The molecule has 1 aromatic carbocycles. The number of carboxylic acid groups (broad SMARTS) is 1. The first-order valence-corrected chi connectivity index (χ1v) is 9.64. The van der Waals surface area contributed by atoms with Crippen LogP contribution in [0.1, 0.15) is 51.0 Å². The summed E-state index contributed by atoms with van der Waals surface area (Å²) in [6, 6.07) is 9.83. The monoisotopic (exact) mass is 365 g/mol. The molecule has 6 heteroatoms. The van der Waals surface area contributed by atoms with Crippen LogP contribution in [0.3, 0.4) is 0 Å². The average molecular weight is 365 g/mol. The van der Waals surface area contributed by atoms with Crippen molar-refractivity contribution in [3.05, 3.63) is 35.9 Å². The van der Waals surface area contributed by atoms with Crippen molar-refractivity contribution in [3.8, 4) is 0 Å². The number of carboxylic acids is 1. The molecule has 25 heavy (non-hydrogen) atoms. The van der Waals surface area contributed by atoms with Gasteiger partial charge in [-0.15, -0.1) is 0 Å². The third kappa shape index (κ3) is 11.4. The molecule has 0 aliphatic rings. The zero-order valence-electron chi connectivity index (χ0n) is 14.7. The van der Waals surface area contributed by atoms with E-state index < -0.39 is 5.97 Å². The zero-order valence-corrected chi connectivity index (χ0v) is 15.5. The summed E-state index contributed by atoms with van der Waals surface area (Å²) in [5, 5.41) is 11.6. The Hall–Kier alpha value is -1.82. The van der Waals surface area contributed by atoms with E-state index >= 15 is 0 Å². The minimum atomic E-state index is -0.774. The summed E-state index contributed by atoms with van der Waals surface area (Å²) in [7, 11) is 0. The maximum absolute atomic E-state index is 12.1. The normalized spacial score (nSPS) is 11.7. The number of carbonyl (C=O) groups is 3. The highest BCUT2D eigenvalue weighted by molar-refractivity contribution is 8.13. The lowest BCUT2D eigenvalue weighted by molar-refractivity contribution is -0.137. The number of nitrogens with one attached hydrogen (secondary N) is 1. The molecule has 0 aromatic heterocycles. The highest BCUT2D eigenvalue weighted by Gasteiger charge is 2.14. The first-order valence-electron chi connectivity index (χ1n) is 8.66. The minimum absolute atomic E-state index is 0.0108. The molecule has 0 spiro atoms. The summed E-state index contributed by atoms with van der Waals surface area (Å²) in [5.74, 6) is -0.220. The second-order valence-corrected chi connectivity index (χ2v) is 7.26. The number of carbonyl (C=O) groups excluding carboxylic acids is 2. The topological polar surface area (TPSA) is 83.5 Å². The van der Waals surface area contributed by atoms with Crippen molar-refractivity contribution in [3.63, 3.8) is 0 Å². The van der Waals surface area contributed by atoms with Gasteiger partial charge in [0.2, 0.25) is 5.91 Å². The fraction of sp³-hybridized carbons (Fsp3) is 0.526. The van der Waals surface area contributed by atoms with Gasteiger partial charge in [-0.2, -0.15) is 0 Å². The van der Waals surface area contributed by atoms with E-state index in [1.165, 1.54) is 18.7 Å². The fourth-order valence-corrected chi connectivity index (χ4v) is 3.12. The molecule has 0 heterocycles. The SMILES string of the molecule is CC(=O)SCC(Cc1ccccc1)NC(=O)CCCCCCC(=O)O. The van der Waals surface area contributed by atoms with Gasteiger partial charge in [0.25, 0.3) is 0 Å². The van der Waals surface area contributed by atoms with Crippen LogP contribution >= 0.6 is 11.8 Å². The van der Waals surface area contributed by atoms with E-state index in [-0.39, 0.29) is 23.5 Å². The van der Waals surface area contributed by atoms with Gasteiger partial charge in [0.1, 0.15) is 0 Å². The van der Waals surface area contributed by atoms with Crippen LogP contribution in [0.25, 0.3) is 0 Å². The van der Waals surface area contributed by atoms with Crippen molar-refractivity contribution in [2.75, 3.05) is 5.75 Å². The van der Waals surface area contributed by atoms with E-state index in [1.807, 2.05) is 30.3 Å². The van der Waals surface area contributed by atoms with E-state index in [2.05, 4.69) is 5.32 Å². The Morgan fingerprint density at radius 3 is 2.28 bits per heavy atom. The third-order valence-corrected chi connectivity index (χ3v) is 4.70. The van der Waals surface area contributed by atoms with E-state index in [9.17, 15) is 14.4 Å². The van der Waals surface area contributed by atoms with Crippen LogP contribution in [-0.4, -0.2) is 33.9 Å². The van der Waals surface area contributed by atoms with Gasteiger partial charge >= 0.3 is 5.97 Å². The van der Waals surface area contributed by atoms with Gasteiger partial charge in [-0.05, 0) is 24.8 Å². The highest BCUT2D eigenvalue weighted by atomic mass is 32.2. The molecule has 0 aliphatic heterocycles. The zero-order chi connectivity index (χ0) is 18.5. The summed E-state index contributed by atoms with van der Waals surface area (Å²) in [6.45, 7) is 1.53. The molecule has 1 unspecified atom stereocenters. The number of benzene rings is 1. The summed E-state index contributed by atoms with van der Waals surface area (Å²) >= 11 is 1.23. The highest BCUT2D eigenvalue weighted by Crippen LogP contribution is 2.11. The summed E-state index contributed by atoms with van der Waals surface area (Å²) in [4.78, 5) is 33.8.